The molecule has 1 aromatic rings. The third-order valence-electron chi connectivity index (χ3n) is 3.87. The van der Waals surface area contributed by atoms with Crippen LogP contribution in [0.4, 0.5) is 0 Å². The van der Waals surface area contributed by atoms with Crippen LogP contribution in [0.5, 0.6) is 5.75 Å². The highest BCUT2D eigenvalue weighted by Gasteiger charge is 2.43. The van der Waals surface area contributed by atoms with Gasteiger partial charge in [0.2, 0.25) is 0 Å². The number of ether oxygens (including phenoxy) is 1. The van der Waals surface area contributed by atoms with Crippen LogP contribution in [0.1, 0.15) is 18.4 Å². The van der Waals surface area contributed by atoms with Gasteiger partial charge >= 0.3 is 0 Å². The summed E-state index contributed by atoms with van der Waals surface area (Å²) in [5.74, 6) is 1.03. The summed E-state index contributed by atoms with van der Waals surface area (Å²) in [6.07, 6.45) is 2.08. The number of hydrogen-bond donors (Lipinski definition) is 1. The van der Waals surface area contributed by atoms with E-state index in [0.717, 1.165) is 18.6 Å². The van der Waals surface area contributed by atoms with E-state index in [1.807, 2.05) is 18.2 Å². The van der Waals surface area contributed by atoms with E-state index in [9.17, 15) is 8.42 Å². The Morgan fingerprint density at radius 3 is 2.61 bits per heavy atom. The van der Waals surface area contributed by atoms with Gasteiger partial charge < -0.3 is 10.5 Å². The second-order valence-electron chi connectivity index (χ2n) is 5.33. The van der Waals surface area contributed by atoms with Crippen molar-refractivity contribution >= 4 is 9.84 Å². The summed E-state index contributed by atoms with van der Waals surface area (Å²) in [6.45, 7) is 0.661. The molecule has 18 heavy (non-hydrogen) atoms. The predicted octanol–water partition coefficient (Wildman–Crippen LogP) is 0.853. The van der Waals surface area contributed by atoms with E-state index in [4.69, 9.17) is 10.5 Å². The standard InChI is InChI=1S/C13H17NO3S/c14-9-13(4-5-13)10-2-1-3-11(6-10)17-12-7-18(15,16)8-12/h1-3,6,12H,4-5,7-9,14H2. The first kappa shape index (κ1) is 12.0. The number of hydrogen-bond acceptors (Lipinski definition) is 4. The topological polar surface area (TPSA) is 69.4 Å². The third-order valence-corrected chi connectivity index (χ3v) is 5.63. The molecule has 4 nitrogen and oxygen atoms in total. The lowest BCUT2D eigenvalue weighted by atomic mass is 9.96. The van der Waals surface area contributed by atoms with Gasteiger partial charge in [0.25, 0.3) is 0 Å². The lowest BCUT2D eigenvalue weighted by Gasteiger charge is -2.27. The molecule has 1 saturated carbocycles. The molecule has 0 bridgehead atoms. The van der Waals surface area contributed by atoms with Gasteiger partial charge in [0.1, 0.15) is 11.9 Å². The summed E-state index contributed by atoms with van der Waals surface area (Å²) in [5, 5.41) is 0. The van der Waals surface area contributed by atoms with Crippen molar-refractivity contribution in [3.63, 3.8) is 0 Å². The van der Waals surface area contributed by atoms with Crippen molar-refractivity contribution in [1.82, 2.24) is 0 Å². The van der Waals surface area contributed by atoms with Gasteiger partial charge in [-0.05, 0) is 30.5 Å². The second kappa shape index (κ2) is 3.96. The molecule has 1 aliphatic carbocycles. The van der Waals surface area contributed by atoms with E-state index in [1.165, 1.54) is 5.56 Å². The fourth-order valence-corrected chi connectivity index (χ4v) is 3.61. The van der Waals surface area contributed by atoms with E-state index >= 15 is 0 Å². The normalized spacial score (nSPS) is 24.3. The Bertz CT molecular complexity index is 551. The molecule has 2 aliphatic rings. The highest BCUT2D eigenvalue weighted by Crippen LogP contribution is 2.47. The average molecular weight is 267 g/mol. The predicted molar refractivity (Wildman–Crippen MR) is 69.5 cm³/mol. The molecule has 0 spiro atoms. The van der Waals surface area contributed by atoms with E-state index < -0.39 is 9.84 Å². The summed E-state index contributed by atoms with van der Waals surface area (Å²) in [5.41, 5.74) is 7.16. The van der Waals surface area contributed by atoms with Crippen molar-refractivity contribution in [3.8, 4) is 5.75 Å². The average Bonchev–Trinajstić information content (AvgIpc) is 3.08. The van der Waals surface area contributed by atoms with Crippen molar-refractivity contribution < 1.29 is 13.2 Å². The third kappa shape index (κ3) is 2.12. The Kier molecular flexibility index (Phi) is 2.64. The van der Waals surface area contributed by atoms with Crippen LogP contribution >= 0.6 is 0 Å². The zero-order chi connectivity index (χ0) is 12.8. The highest BCUT2D eigenvalue weighted by atomic mass is 32.2. The molecular weight excluding hydrogens is 250 g/mol. The molecule has 0 aromatic heterocycles. The number of sulfone groups is 1. The SMILES string of the molecule is NCC1(c2cccc(OC3CS(=O)(=O)C3)c2)CC1. The van der Waals surface area contributed by atoms with Gasteiger partial charge in [-0.15, -0.1) is 0 Å². The zero-order valence-electron chi connectivity index (χ0n) is 10.1. The van der Waals surface area contributed by atoms with Gasteiger partial charge in [0.05, 0.1) is 11.5 Å². The molecule has 1 aliphatic heterocycles. The van der Waals surface area contributed by atoms with Crippen LogP contribution in [0.25, 0.3) is 0 Å². The van der Waals surface area contributed by atoms with Crippen LogP contribution < -0.4 is 10.5 Å². The Morgan fingerprint density at radius 2 is 2.06 bits per heavy atom. The summed E-state index contributed by atoms with van der Waals surface area (Å²) in [4.78, 5) is 0. The molecule has 1 aromatic carbocycles. The first-order valence-electron chi connectivity index (χ1n) is 6.21. The van der Waals surface area contributed by atoms with Gasteiger partial charge in [0.15, 0.2) is 9.84 Å². The van der Waals surface area contributed by atoms with Gasteiger partial charge in [-0.2, -0.15) is 0 Å². The zero-order valence-corrected chi connectivity index (χ0v) is 10.9. The molecule has 98 valence electrons. The summed E-state index contributed by atoms with van der Waals surface area (Å²) in [7, 11) is -2.83. The summed E-state index contributed by atoms with van der Waals surface area (Å²) < 4.78 is 27.8. The molecule has 3 rings (SSSR count). The van der Waals surface area contributed by atoms with Crippen LogP contribution in [-0.2, 0) is 15.3 Å². The molecule has 2 fully saturated rings. The highest BCUT2D eigenvalue weighted by molar-refractivity contribution is 7.92. The molecule has 1 saturated heterocycles. The lowest BCUT2D eigenvalue weighted by Crippen LogP contribution is -2.45. The quantitative estimate of drug-likeness (QED) is 0.878. The first-order chi connectivity index (χ1) is 8.53. The maximum absolute atomic E-state index is 11.1. The smallest absolute Gasteiger partial charge is 0.157 e. The largest absolute Gasteiger partial charge is 0.488 e. The van der Waals surface area contributed by atoms with Gasteiger partial charge in [-0.3, -0.25) is 0 Å². The van der Waals surface area contributed by atoms with Crippen molar-refractivity contribution in [3.05, 3.63) is 29.8 Å². The maximum Gasteiger partial charge on any atom is 0.157 e. The first-order valence-corrected chi connectivity index (χ1v) is 8.03. The molecule has 0 unspecified atom stereocenters. The minimum absolute atomic E-state index is 0.138. The fourth-order valence-electron chi connectivity index (χ4n) is 2.44. The van der Waals surface area contributed by atoms with Crippen LogP contribution in [0.2, 0.25) is 0 Å². The Balaban J connectivity index is 1.72. The Labute approximate surface area is 107 Å². The molecule has 0 radical (unpaired) electrons. The van der Waals surface area contributed by atoms with Crippen LogP contribution in [0.3, 0.4) is 0 Å². The Morgan fingerprint density at radius 1 is 1.33 bits per heavy atom. The van der Waals surface area contributed by atoms with Gasteiger partial charge in [-0.1, -0.05) is 12.1 Å². The molecule has 2 N–H and O–H groups in total. The summed E-state index contributed by atoms with van der Waals surface area (Å²) >= 11 is 0. The number of benzene rings is 1. The van der Waals surface area contributed by atoms with Crippen molar-refractivity contribution in [2.24, 2.45) is 5.73 Å². The molecule has 0 amide bonds. The van der Waals surface area contributed by atoms with Crippen molar-refractivity contribution in [1.29, 1.82) is 0 Å². The van der Waals surface area contributed by atoms with Crippen LogP contribution in [-0.4, -0.2) is 32.6 Å². The van der Waals surface area contributed by atoms with Crippen LogP contribution in [0.15, 0.2) is 24.3 Å². The molecule has 1 heterocycles. The van der Waals surface area contributed by atoms with E-state index in [0.29, 0.717) is 6.54 Å². The monoisotopic (exact) mass is 267 g/mol. The molecular formula is C13H17NO3S. The second-order valence-corrected chi connectivity index (χ2v) is 7.48. The molecule has 0 atom stereocenters. The van der Waals surface area contributed by atoms with Crippen LogP contribution in [0, 0.1) is 0 Å². The number of nitrogens with two attached hydrogens (primary N) is 1. The number of rotatable bonds is 4. The summed E-state index contributed by atoms with van der Waals surface area (Å²) in [6, 6.07) is 7.91. The van der Waals surface area contributed by atoms with Gasteiger partial charge in [-0.25, -0.2) is 8.42 Å². The van der Waals surface area contributed by atoms with Gasteiger partial charge in [0, 0.05) is 12.0 Å². The minimum Gasteiger partial charge on any atom is -0.488 e. The van der Waals surface area contributed by atoms with E-state index in [2.05, 4.69) is 6.07 Å². The van der Waals surface area contributed by atoms with E-state index in [-0.39, 0.29) is 23.0 Å². The minimum atomic E-state index is -2.83. The Hall–Kier alpha value is -1.07. The lowest BCUT2D eigenvalue weighted by molar-refractivity contribution is 0.230. The van der Waals surface area contributed by atoms with Crippen molar-refractivity contribution in [2.45, 2.75) is 24.4 Å². The fraction of sp³-hybridized carbons (Fsp3) is 0.538. The maximum atomic E-state index is 11.1. The van der Waals surface area contributed by atoms with E-state index in [1.54, 1.807) is 0 Å². The molecule has 5 heteroatoms. The van der Waals surface area contributed by atoms with Crippen molar-refractivity contribution in [2.75, 3.05) is 18.1 Å².